The van der Waals surface area contributed by atoms with Gasteiger partial charge in [0.25, 0.3) is 5.56 Å². The maximum atomic E-state index is 12.2. The van der Waals surface area contributed by atoms with Crippen LogP contribution in [-0.4, -0.2) is 27.7 Å². The van der Waals surface area contributed by atoms with Crippen LogP contribution in [0.4, 0.5) is 0 Å². The van der Waals surface area contributed by atoms with Gasteiger partial charge in [0, 0.05) is 12.6 Å². The molecule has 0 bridgehead atoms. The van der Waals surface area contributed by atoms with E-state index in [1.165, 1.54) is 6.42 Å². The molecule has 5 nitrogen and oxygen atoms in total. The first-order chi connectivity index (χ1) is 10.7. The zero-order chi connectivity index (χ0) is 15.5. The van der Waals surface area contributed by atoms with Crippen molar-refractivity contribution in [3.8, 4) is 0 Å². The Hall–Kier alpha value is -1.72. The molecule has 0 unspecified atom stereocenters. The number of aromatic amines is 1. The molecule has 0 saturated heterocycles. The van der Waals surface area contributed by atoms with E-state index in [1.54, 1.807) is 6.07 Å². The van der Waals surface area contributed by atoms with E-state index in [1.807, 2.05) is 25.1 Å². The second-order valence-electron chi connectivity index (χ2n) is 6.17. The van der Waals surface area contributed by atoms with Crippen LogP contribution in [0.1, 0.15) is 44.5 Å². The van der Waals surface area contributed by atoms with E-state index in [-0.39, 0.29) is 18.2 Å². The first-order valence-corrected chi connectivity index (χ1v) is 8.05. The SMILES string of the molecule is C[C@H](N[C@@H]1CCC[C@@H]1CCO)c1nc2ccccc2c(=O)[nH]1. The Morgan fingerprint density at radius 3 is 3.05 bits per heavy atom. The molecule has 0 aliphatic heterocycles. The second kappa shape index (κ2) is 6.58. The summed E-state index contributed by atoms with van der Waals surface area (Å²) in [5, 5.41) is 13.4. The number of nitrogens with one attached hydrogen (secondary N) is 2. The highest BCUT2D eigenvalue weighted by Gasteiger charge is 2.28. The first-order valence-electron chi connectivity index (χ1n) is 8.05. The monoisotopic (exact) mass is 301 g/mol. The highest BCUT2D eigenvalue weighted by Crippen LogP contribution is 2.29. The van der Waals surface area contributed by atoms with Crippen LogP contribution in [0.5, 0.6) is 0 Å². The summed E-state index contributed by atoms with van der Waals surface area (Å²) in [6.07, 6.45) is 4.31. The van der Waals surface area contributed by atoms with Crippen molar-refractivity contribution in [1.29, 1.82) is 0 Å². The van der Waals surface area contributed by atoms with Crippen molar-refractivity contribution in [2.45, 2.75) is 44.7 Å². The molecule has 0 amide bonds. The third-order valence-corrected chi connectivity index (χ3v) is 4.66. The zero-order valence-corrected chi connectivity index (χ0v) is 12.9. The predicted octanol–water partition coefficient (Wildman–Crippen LogP) is 2.12. The van der Waals surface area contributed by atoms with Crippen molar-refractivity contribution in [2.24, 2.45) is 5.92 Å². The molecular formula is C17H23N3O2. The van der Waals surface area contributed by atoms with Gasteiger partial charge in [0.05, 0.1) is 16.9 Å². The fourth-order valence-corrected chi connectivity index (χ4v) is 3.48. The lowest BCUT2D eigenvalue weighted by atomic mass is 9.99. The number of aliphatic hydroxyl groups excluding tert-OH is 1. The highest BCUT2D eigenvalue weighted by molar-refractivity contribution is 5.77. The molecule has 1 fully saturated rings. The lowest BCUT2D eigenvalue weighted by Crippen LogP contribution is -2.36. The topological polar surface area (TPSA) is 78.0 Å². The Bertz CT molecular complexity index is 698. The van der Waals surface area contributed by atoms with Gasteiger partial charge in [0.1, 0.15) is 5.82 Å². The molecule has 1 aliphatic rings. The van der Waals surface area contributed by atoms with Gasteiger partial charge in [-0.3, -0.25) is 4.79 Å². The number of hydrogen-bond acceptors (Lipinski definition) is 4. The minimum Gasteiger partial charge on any atom is -0.396 e. The number of benzene rings is 1. The third-order valence-electron chi connectivity index (χ3n) is 4.66. The Labute approximate surface area is 129 Å². The van der Waals surface area contributed by atoms with E-state index < -0.39 is 0 Å². The van der Waals surface area contributed by atoms with E-state index in [0.29, 0.717) is 23.2 Å². The van der Waals surface area contributed by atoms with Gasteiger partial charge < -0.3 is 15.4 Å². The second-order valence-corrected chi connectivity index (χ2v) is 6.17. The van der Waals surface area contributed by atoms with Gasteiger partial charge in [-0.2, -0.15) is 0 Å². The molecule has 1 heterocycles. The quantitative estimate of drug-likeness (QED) is 0.790. The van der Waals surface area contributed by atoms with Gasteiger partial charge in [-0.25, -0.2) is 4.98 Å². The summed E-state index contributed by atoms with van der Waals surface area (Å²) in [5.41, 5.74) is 0.640. The lowest BCUT2D eigenvalue weighted by molar-refractivity contribution is 0.237. The summed E-state index contributed by atoms with van der Waals surface area (Å²) < 4.78 is 0. The Morgan fingerprint density at radius 2 is 2.23 bits per heavy atom. The van der Waals surface area contributed by atoms with Gasteiger partial charge in [0.2, 0.25) is 0 Å². The molecule has 0 radical (unpaired) electrons. The number of para-hydroxylation sites is 1. The van der Waals surface area contributed by atoms with Crippen LogP contribution in [0.15, 0.2) is 29.1 Å². The molecule has 22 heavy (non-hydrogen) atoms. The molecule has 2 aromatic rings. The molecule has 0 spiro atoms. The summed E-state index contributed by atoms with van der Waals surface area (Å²) in [4.78, 5) is 19.6. The van der Waals surface area contributed by atoms with Crippen molar-refractivity contribution in [3.63, 3.8) is 0 Å². The van der Waals surface area contributed by atoms with Crippen molar-refractivity contribution < 1.29 is 5.11 Å². The van der Waals surface area contributed by atoms with E-state index in [2.05, 4.69) is 15.3 Å². The van der Waals surface area contributed by atoms with E-state index in [4.69, 9.17) is 5.11 Å². The molecule has 5 heteroatoms. The molecule has 1 aromatic heterocycles. The van der Waals surface area contributed by atoms with Crippen LogP contribution in [0.3, 0.4) is 0 Å². The van der Waals surface area contributed by atoms with Crippen LogP contribution in [-0.2, 0) is 0 Å². The van der Waals surface area contributed by atoms with Crippen LogP contribution in [0, 0.1) is 5.92 Å². The maximum Gasteiger partial charge on any atom is 0.258 e. The minimum atomic E-state index is -0.0902. The van der Waals surface area contributed by atoms with Gasteiger partial charge in [-0.15, -0.1) is 0 Å². The summed E-state index contributed by atoms with van der Waals surface area (Å²) in [5.74, 6) is 1.19. The summed E-state index contributed by atoms with van der Waals surface area (Å²) >= 11 is 0. The van der Waals surface area contributed by atoms with Gasteiger partial charge in [0.15, 0.2) is 0 Å². The van der Waals surface area contributed by atoms with E-state index >= 15 is 0 Å². The minimum absolute atomic E-state index is 0.0124. The Kier molecular flexibility index (Phi) is 4.55. The molecule has 1 aromatic carbocycles. The molecule has 3 atom stereocenters. The van der Waals surface area contributed by atoms with Crippen molar-refractivity contribution in [1.82, 2.24) is 15.3 Å². The van der Waals surface area contributed by atoms with Crippen LogP contribution in [0.2, 0.25) is 0 Å². The maximum absolute atomic E-state index is 12.2. The Balaban J connectivity index is 1.80. The molecule has 3 rings (SSSR count). The van der Waals surface area contributed by atoms with E-state index in [9.17, 15) is 4.79 Å². The third kappa shape index (κ3) is 3.05. The number of rotatable bonds is 5. The smallest absolute Gasteiger partial charge is 0.258 e. The molecule has 118 valence electrons. The number of aromatic nitrogens is 2. The summed E-state index contributed by atoms with van der Waals surface area (Å²) in [7, 11) is 0. The van der Waals surface area contributed by atoms with Crippen molar-refractivity contribution in [3.05, 3.63) is 40.4 Å². The van der Waals surface area contributed by atoms with Crippen LogP contribution >= 0.6 is 0 Å². The van der Waals surface area contributed by atoms with Crippen molar-refractivity contribution >= 4 is 10.9 Å². The standard InChI is InChI=1S/C17H23N3O2/c1-11(18-14-8-4-5-12(14)9-10-21)16-19-15-7-3-2-6-13(15)17(22)20-16/h2-3,6-7,11-12,14,18,21H,4-5,8-10H2,1H3,(H,19,20,22)/t11-,12+,14+/m0/s1. The highest BCUT2D eigenvalue weighted by atomic mass is 16.3. The summed E-state index contributed by atoms with van der Waals surface area (Å²) in [6, 6.07) is 7.77. The van der Waals surface area contributed by atoms with Gasteiger partial charge >= 0.3 is 0 Å². The number of fused-ring (bicyclic) bond motifs is 1. The number of hydrogen-bond donors (Lipinski definition) is 3. The largest absolute Gasteiger partial charge is 0.396 e. The van der Waals surface area contributed by atoms with Crippen molar-refractivity contribution in [2.75, 3.05) is 6.61 Å². The predicted molar refractivity (Wildman–Crippen MR) is 86.7 cm³/mol. The summed E-state index contributed by atoms with van der Waals surface area (Å²) in [6.45, 7) is 2.27. The molecular weight excluding hydrogens is 278 g/mol. The molecule has 3 N–H and O–H groups in total. The number of H-pyrrole nitrogens is 1. The van der Waals surface area contributed by atoms with Crippen LogP contribution in [0.25, 0.3) is 10.9 Å². The fourth-order valence-electron chi connectivity index (χ4n) is 3.48. The average molecular weight is 301 g/mol. The first kappa shape index (κ1) is 15.2. The molecule has 1 aliphatic carbocycles. The lowest BCUT2D eigenvalue weighted by Gasteiger charge is -2.24. The van der Waals surface area contributed by atoms with Gasteiger partial charge in [-0.05, 0) is 44.2 Å². The van der Waals surface area contributed by atoms with Crippen LogP contribution < -0.4 is 10.9 Å². The fraction of sp³-hybridized carbons (Fsp3) is 0.529. The van der Waals surface area contributed by atoms with E-state index in [0.717, 1.165) is 24.8 Å². The average Bonchev–Trinajstić information content (AvgIpc) is 2.95. The Morgan fingerprint density at radius 1 is 1.41 bits per heavy atom. The van der Waals surface area contributed by atoms with Gasteiger partial charge in [-0.1, -0.05) is 18.6 Å². The number of nitrogens with zero attached hydrogens (tertiary/aromatic N) is 1. The molecule has 1 saturated carbocycles. The number of aliphatic hydroxyl groups is 1. The zero-order valence-electron chi connectivity index (χ0n) is 12.9. The normalized spacial score (nSPS) is 23.0.